The number of hydrogen-bond acceptors (Lipinski definition) is 4. The third kappa shape index (κ3) is 5.92. The second-order valence-corrected chi connectivity index (χ2v) is 6.02. The van der Waals surface area contributed by atoms with Gasteiger partial charge in [0, 0.05) is 18.2 Å². The van der Waals surface area contributed by atoms with Crippen LogP contribution in [0.3, 0.4) is 0 Å². The van der Waals surface area contributed by atoms with Crippen molar-refractivity contribution in [2.75, 3.05) is 27.3 Å². The van der Waals surface area contributed by atoms with Gasteiger partial charge >= 0.3 is 0 Å². The molecule has 0 heterocycles. The maximum absolute atomic E-state index is 10.5. The van der Waals surface area contributed by atoms with E-state index in [0.29, 0.717) is 28.9 Å². The van der Waals surface area contributed by atoms with Crippen LogP contribution in [0.15, 0.2) is 23.2 Å². The highest BCUT2D eigenvalue weighted by atomic mass is 16.5. The van der Waals surface area contributed by atoms with E-state index in [1.807, 2.05) is 6.92 Å². The van der Waals surface area contributed by atoms with Crippen LogP contribution in [0.2, 0.25) is 0 Å². The molecule has 0 radical (unpaired) electrons. The molecule has 136 valence electrons. The van der Waals surface area contributed by atoms with E-state index in [-0.39, 0.29) is 12.6 Å². The minimum absolute atomic E-state index is 0.226. The van der Waals surface area contributed by atoms with E-state index in [4.69, 9.17) is 9.47 Å². The van der Waals surface area contributed by atoms with Gasteiger partial charge in [-0.3, -0.25) is 4.99 Å². The van der Waals surface area contributed by atoms with Crippen molar-refractivity contribution in [3.05, 3.63) is 23.8 Å². The first kappa shape index (κ1) is 20.1. The summed E-state index contributed by atoms with van der Waals surface area (Å²) in [5, 5.41) is 17.1. The number of aliphatic imine (C=N–C) groups is 1. The quantitative estimate of drug-likeness (QED) is 0.501. The number of rotatable bonds is 8. The lowest BCUT2D eigenvalue weighted by molar-refractivity contribution is 0.182. The number of nitrogens with one attached hydrogen (secondary N) is 2. The number of methoxy groups -OCH3 is 2. The standard InChI is InChI=1S/C18H31N3O3/c1-7-19-18(21-13(4)12(2)3)20-11-16(22)15-10-14(23-5)8-9-17(15)24-6/h8-10,12-13,16,22H,7,11H2,1-6H3,(H2,19,20,21). The zero-order valence-corrected chi connectivity index (χ0v) is 15.6. The van der Waals surface area contributed by atoms with Crippen LogP contribution >= 0.6 is 0 Å². The van der Waals surface area contributed by atoms with Gasteiger partial charge in [0.25, 0.3) is 0 Å². The molecule has 1 rings (SSSR count). The molecule has 6 heteroatoms. The number of benzene rings is 1. The second kappa shape index (κ2) is 10.0. The number of nitrogens with zero attached hydrogens (tertiary/aromatic N) is 1. The summed E-state index contributed by atoms with van der Waals surface area (Å²) in [7, 11) is 3.17. The van der Waals surface area contributed by atoms with E-state index in [9.17, 15) is 5.11 Å². The van der Waals surface area contributed by atoms with E-state index >= 15 is 0 Å². The van der Waals surface area contributed by atoms with Crippen molar-refractivity contribution in [2.24, 2.45) is 10.9 Å². The summed E-state index contributed by atoms with van der Waals surface area (Å²) in [5.74, 6) is 2.47. The van der Waals surface area contributed by atoms with E-state index in [2.05, 4.69) is 36.4 Å². The smallest absolute Gasteiger partial charge is 0.191 e. The Kier molecular flexibility index (Phi) is 8.40. The molecule has 0 aliphatic heterocycles. The molecule has 1 aromatic rings. The Bertz CT molecular complexity index is 532. The molecule has 0 saturated heterocycles. The molecule has 0 saturated carbocycles. The molecule has 0 amide bonds. The van der Waals surface area contributed by atoms with Crippen LogP contribution in [0.25, 0.3) is 0 Å². The van der Waals surface area contributed by atoms with Gasteiger partial charge < -0.3 is 25.2 Å². The topological polar surface area (TPSA) is 75.1 Å². The molecule has 1 aromatic carbocycles. The predicted octanol–water partition coefficient (Wildman–Crippen LogP) is 2.34. The maximum atomic E-state index is 10.5. The highest BCUT2D eigenvalue weighted by Crippen LogP contribution is 2.29. The summed E-state index contributed by atoms with van der Waals surface area (Å²) < 4.78 is 10.5. The minimum atomic E-state index is -0.778. The third-order valence-electron chi connectivity index (χ3n) is 3.93. The van der Waals surface area contributed by atoms with Gasteiger partial charge in [-0.15, -0.1) is 0 Å². The molecule has 0 bridgehead atoms. The average Bonchev–Trinajstić information content (AvgIpc) is 2.58. The molecule has 0 aromatic heterocycles. The van der Waals surface area contributed by atoms with Gasteiger partial charge in [0.15, 0.2) is 5.96 Å². The lowest BCUT2D eigenvalue weighted by Gasteiger charge is -2.21. The summed E-state index contributed by atoms with van der Waals surface area (Å²) >= 11 is 0. The molecule has 2 atom stereocenters. The number of ether oxygens (including phenoxy) is 2. The number of aliphatic hydroxyl groups is 1. The van der Waals surface area contributed by atoms with Crippen LogP contribution in [-0.2, 0) is 0 Å². The average molecular weight is 337 g/mol. The van der Waals surface area contributed by atoms with Gasteiger partial charge in [0.1, 0.15) is 17.6 Å². The van der Waals surface area contributed by atoms with Crippen molar-refractivity contribution in [1.29, 1.82) is 0 Å². The van der Waals surface area contributed by atoms with Gasteiger partial charge in [0.05, 0.1) is 20.8 Å². The fraction of sp³-hybridized carbons (Fsp3) is 0.611. The Hall–Kier alpha value is -1.95. The summed E-state index contributed by atoms with van der Waals surface area (Å²) in [5.41, 5.74) is 0.661. The van der Waals surface area contributed by atoms with Gasteiger partial charge in [0.2, 0.25) is 0 Å². The van der Waals surface area contributed by atoms with E-state index in [1.165, 1.54) is 0 Å². The van der Waals surface area contributed by atoms with Crippen molar-refractivity contribution in [3.63, 3.8) is 0 Å². The first-order valence-electron chi connectivity index (χ1n) is 8.37. The maximum Gasteiger partial charge on any atom is 0.191 e. The Morgan fingerprint density at radius 2 is 1.92 bits per heavy atom. The molecule has 0 aliphatic carbocycles. The number of guanidine groups is 1. The van der Waals surface area contributed by atoms with Crippen LogP contribution in [0, 0.1) is 5.92 Å². The molecular weight excluding hydrogens is 306 g/mol. The molecule has 0 spiro atoms. The highest BCUT2D eigenvalue weighted by Gasteiger charge is 2.15. The van der Waals surface area contributed by atoms with Crippen molar-refractivity contribution < 1.29 is 14.6 Å². The molecular formula is C18H31N3O3. The van der Waals surface area contributed by atoms with E-state index in [0.717, 1.165) is 6.54 Å². The van der Waals surface area contributed by atoms with E-state index in [1.54, 1.807) is 32.4 Å². The van der Waals surface area contributed by atoms with Crippen molar-refractivity contribution in [3.8, 4) is 11.5 Å². The molecule has 3 N–H and O–H groups in total. The van der Waals surface area contributed by atoms with Gasteiger partial charge in [-0.05, 0) is 38.0 Å². The van der Waals surface area contributed by atoms with Crippen molar-refractivity contribution >= 4 is 5.96 Å². The zero-order chi connectivity index (χ0) is 18.1. The summed E-state index contributed by atoms with van der Waals surface area (Å²) in [6, 6.07) is 5.64. The van der Waals surface area contributed by atoms with Crippen molar-refractivity contribution in [1.82, 2.24) is 10.6 Å². The molecule has 24 heavy (non-hydrogen) atoms. The van der Waals surface area contributed by atoms with Gasteiger partial charge in [-0.25, -0.2) is 0 Å². The van der Waals surface area contributed by atoms with E-state index < -0.39 is 6.10 Å². The van der Waals surface area contributed by atoms with Crippen LogP contribution in [0.5, 0.6) is 11.5 Å². The number of hydrogen-bond donors (Lipinski definition) is 3. The Labute approximate surface area is 145 Å². The first-order valence-corrected chi connectivity index (χ1v) is 8.37. The van der Waals surface area contributed by atoms with Gasteiger partial charge in [-0.2, -0.15) is 0 Å². The largest absolute Gasteiger partial charge is 0.497 e. The molecule has 2 unspecified atom stereocenters. The Morgan fingerprint density at radius 3 is 2.46 bits per heavy atom. The van der Waals surface area contributed by atoms with Crippen molar-refractivity contribution in [2.45, 2.75) is 39.8 Å². The fourth-order valence-corrected chi connectivity index (χ4v) is 2.08. The second-order valence-electron chi connectivity index (χ2n) is 6.02. The zero-order valence-electron chi connectivity index (χ0n) is 15.6. The highest BCUT2D eigenvalue weighted by molar-refractivity contribution is 5.80. The SMILES string of the molecule is CCNC(=NCC(O)c1cc(OC)ccc1OC)NC(C)C(C)C. The molecule has 0 aliphatic rings. The minimum Gasteiger partial charge on any atom is -0.497 e. The fourth-order valence-electron chi connectivity index (χ4n) is 2.08. The predicted molar refractivity (Wildman–Crippen MR) is 97.9 cm³/mol. The lowest BCUT2D eigenvalue weighted by atomic mass is 10.1. The lowest BCUT2D eigenvalue weighted by Crippen LogP contribution is -2.44. The normalized spacial score (nSPS) is 14.2. The van der Waals surface area contributed by atoms with Crippen LogP contribution in [0.4, 0.5) is 0 Å². The molecule has 0 fully saturated rings. The van der Waals surface area contributed by atoms with Gasteiger partial charge in [-0.1, -0.05) is 13.8 Å². The molecule has 6 nitrogen and oxygen atoms in total. The van der Waals surface area contributed by atoms with Crippen LogP contribution < -0.4 is 20.1 Å². The monoisotopic (exact) mass is 337 g/mol. The third-order valence-corrected chi connectivity index (χ3v) is 3.93. The first-order chi connectivity index (χ1) is 11.4. The summed E-state index contributed by atoms with van der Waals surface area (Å²) in [6.07, 6.45) is -0.778. The summed E-state index contributed by atoms with van der Waals surface area (Å²) in [6.45, 7) is 9.41. The summed E-state index contributed by atoms with van der Waals surface area (Å²) in [4.78, 5) is 4.49. The number of aliphatic hydroxyl groups excluding tert-OH is 1. The van der Waals surface area contributed by atoms with Crippen LogP contribution in [-0.4, -0.2) is 44.4 Å². The van der Waals surface area contributed by atoms with Crippen LogP contribution in [0.1, 0.15) is 39.4 Å². The Morgan fingerprint density at radius 1 is 1.21 bits per heavy atom. The Balaban J connectivity index is 2.88.